The lowest BCUT2D eigenvalue weighted by molar-refractivity contribution is -0.136. The second-order valence-electron chi connectivity index (χ2n) is 7.98. The fraction of sp³-hybridized carbons (Fsp3) is 0.571. The van der Waals surface area contributed by atoms with E-state index in [2.05, 4.69) is 17.6 Å². The van der Waals surface area contributed by atoms with Crippen LogP contribution in [0.15, 0.2) is 18.2 Å². The van der Waals surface area contributed by atoms with Crippen molar-refractivity contribution in [3.8, 4) is 11.5 Å². The summed E-state index contributed by atoms with van der Waals surface area (Å²) in [6.45, 7) is 3.65. The van der Waals surface area contributed by atoms with Crippen LogP contribution in [0.1, 0.15) is 51.1 Å². The summed E-state index contributed by atoms with van der Waals surface area (Å²) in [5, 5.41) is 5.67. The molecule has 1 heterocycles. The number of hydrogen-bond donors (Lipinski definition) is 2. The third kappa shape index (κ3) is 4.16. The fourth-order valence-corrected chi connectivity index (χ4v) is 4.10. The minimum absolute atomic E-state index is 0.295. The lowest BCUT2D eigenvalue weighted by Crippen LogP contribution is -2.50. The number of nitrogens with zero attached hydrogens (tertiary/aromatic N) is 1. The first-order chi connectivity index (χ1) is 13.8. The maximum atomic E-state index is 12.9. The molecule has 1 atom stereocenters. The summed E-state index contributed by atoms with van der Waals surface area (Å²) in [4.78, 5) is 38.9. The van der Waals surface area contributed by atoms with Crippen molar-refractivity contribution in [2.45, 2.75) is 51.1 Å². The molecule has 1 spiro atoms. The first kappa shape index (κ1) is 21.0. The molecule has 1 saturated carbocycles. The van der Waals surface area contributed by atoms with E-state index in [9.17, 15) is 14.4 Å². The maximum absolute atomic E-state index is 12.9. The fourth-order valence-electron chi connectivity index (χ4n) is 4.10. The van der Waals surface area contributed by atoms with Crippen LogP contribution in [0, 0.1) is 5.92 Å². The summed E-state index contributed by atoms with van der Waals surface area (Å²) in [6.07, 6.45) is 3.01. The Morgan fingerprint density at radius 1 is 1.28 bits per heavy atom. The van der Waals surface area contributed by atoms with Crippen molar-refractivity contribution >= 4 is 17.8 Å². The van der Waals surface area contributed by atoms with Gasteiger partial charge in [-0.15, -0.1) is 0 Å². The number of ether oxygens (including phenoxy) is 2. The van der Waals surface area contributed by atoms with Crippen molar-refractivity contribution in [2.75, 3.05) is 20.8 Å². The minimum atomic E-state index is -0.842. The highest BCUT2D eigenvalue weighted by atomic mass is 16.5. The molecule has 29 heavy (non-hydrogen) atoms. The zero-order chi connectivity index (χ0) is 21.2. The molecule has 1 aromatic rings. The Kier molecular flexibility index (Phi) is 6.00. The number of nitrogens with one attached hydrogen (secondary N) is 2. The molecular formula is C21H29N3O5. The Bertz CT molecular complexity index is 802. The summed E-state index contributed by atoms with van der Waals surface area (Å²) < 4.78 is 10.6. The molecule has 158 valence electrons. The average Bonchev–Trinajstić information content (AvgIpc) is 2.93. The van der Waals surface area contributed by atoms with Crippen LogP contribution in [0.4, 0.5) is 4.79 Å². The standard InChI is InChI=1S/C21H29N3O5/c1-13-7-9-21(10-8-13)19(26)24(20(27)23-21)12-18(25)22-14(2)16-11-15(28-3)5-6-17(16)29-4/h5-6,11,13-14H,7-10,12H2,1-4H3,(H,22,25)(H,23,27)/t13?,14-,21?/m1/s1. The van der Waals surface area contributed by atoms with E-state index >= 15 is 0 Å². The zero-order valence-corrected chi connectivity index (χ0v) is 17.4. The van der Waals surface area contributed by atoms with Crippen molar-refractivity contribution < 1.29 is 23.9 Å². The van der Waals surface area contributed by atoms with E-state index < -0.39 is 23.5 Å². The number of urea groups is 1. The monoisotopic (exact) mass is 403 g/mol. The molecule has 0 bridgehead atoms. The molecule has 1 aromatic carbocycles. The highest BCUT2D eigenvalue weighted by Crippen LogP contribution is 2.36. The maximum Gasteiger partial charge on any atom is 0.325 e. The van der Waals surface area contributed by atoms with Gasteiger partial charge in [0.05, 0.1) is 20.3 Å². The lowest BCUT2D eigenvalue weighted by atomic mass is 9.77. The van der Waals surface area contributed by atoms with Gasteiger partial charge in [-0.3, -0.25) is 14.5 Å². The first-order valence-corrected chi connectivity index (χ1v) is 9.95. The van der Waals surface area contributed by atoms with Crippen molar-refractivity contribution in [1.29, 1.82) is 0 Å². The van der Waals surface area contributed by atoms with Crippen LogP contribution in [0.3, 0.4) is 0 Å². The highest BCUT2D eigenvalue weighted by molar-refractivity contribution is 6.09. The quantitative estimate of drug-likeness (QED) is 0.711. The number of methoxy groups -OCH3 is 2. The summed E-state index contributed by atoms with van der Waals surface area (Å²) >= 11 is 0. The molecule has 0 unspecified atom stereocenters. The smallest absolute Gasteiger partial charge is 0.325 e. The Balaban J connectivity index is 1.66. The van der Waals surface area contributed by atoms with E-state index in [0.29, 0.717) is 30.3 Å². The van der Waals surface area contributed by atoms with E-state index in [4.69, 9.17) is 9.47 Å². The van der Waals surface area contributed by atoms with Gasteiger partial charge in [-0.1, -0.05) is 6.92 Å². The molecule has 8 heteroatoms. The van der Waals surface area contributed by atoms with Crippen LogP contribution in [-0.2, 0) is 9.59 Å². The van der Waals surface area contributed by atoms with Gasteiger partial charge in [-0.05, 0) is 56.7 Å². The normalized spacial score (nSPS) is 25.0. The van der Waals surface area contributed by atoms with Crippen LogP contribution < -0.4 is 20.1 Å². The first-order valence-electron chi connectivity index (χ1n) is 9.95. The largest absolute Gasteiger partial charge is 0.497 e. The SMILES string of the molecule is COc1ccc(OC)c([C@@H](C)NC(=O)CN2C(=O)NC3(CCC(C)CC3)C2=O)c1. The lowest BCUT2D eigenvalue weighted by Gasteiger charge is -2.33. The van der Waals surface area contributed by atoms with Gasteiger partial charge in [-0.25, -0.2) is 4.79 Å². The minimum Gasteiger partial charge on any atom is -0.497 e. The molecule has 2 fully saturated rings. The van der Waals surface area contributed by atoms with Crippen molar-refractivity contribution in [3.05, 3.63) is 23.8 Å². The van der Waals surface area contributed by atoms with Crippen LogP contribution in [0.25, 0.3) is 0 Å². The summed E-state index contributed by atoms with van der Waals surface area (Å²) in [7, 11) is 3.12. The molecule has 2 aliphatic rings. The van der Waals surface area contributed by atoms with Crippen LogP contribution >= 0.6 is 0 Å². The predicted octanol–water partition coefficient (Wildman–Crippen LogP) is 2.38. The summed E-state index contributed by atoms with van der Waals surface area (Å²) in [5.74, 6) is 1.10. The molecule has 0 radical (unpaired) electrons. The number of hydrogen-bond acceptors (Lipinski definition) is 5. The van der Waals surface area contributed by atoms with Gasteiger partial charge < -0.3 is 20.1 Å². The van der Waals surface area contributed by atoms with Crippen LogP contribution in [0.2, 0.25) is 0 Å². The van der Waals surface area contributed by atoms with Gasteiger partial charge in [0, 0.05) is 5.56 Å². The number of carbonyl (C=O) groups is 3. The van der Waals surface area contributed by atoms with E-state index in [1.165, 1.54) is 0 Å². The van der Waals surface area contributed by atoms with Crippen LogP contribution in [0.5, 0.6) is 11.5 Å². The van der Waals surface area contributed by atoms with Gasteiger partial charge in [0.25, 0.3) is 5.91 Å². The molecule has 2 N–H and O–H groups in total. The van der Waals surface area contributed by atoms with Gasteiger partial charge >= 0.3 is 6.03 Å². The Morgan fingerprint density at radius 2 is 1.97 bits per heavy atom. The van der Waals surface area contributed by atoms with Gasteiger partial charge in [0.15, 0.2) is 0 Å². The van der Waals surface area contributed by atoms with Gasteiger partial charge in [0.1, 0.15) is 23.6 Å². The van der Waals surface area contributed by atoms with Crippen molar-refractivity contribution in [1.82, 2.24) is 15.5 Å². The predicted molar refractivity (Wildman–Crippen MR) is 107 cm³/mol. The number of amides is 4. The zero-order valence-electron chi connectivity index (χ0n) is 17.4. The number of rotatable bonds is 6. The van der Waals surface area contributed by atoms with E-state index in [1.807, 2.05) is 6.92 Å². The second-order valence-corrected chi connectivity index (χ2v) is 7.98. The molecule has 0 aromatic heterocycles. The molecule has 4 amide bonds. The van der Waals surface area contributed by atoms with Crippen LogP contribution in [-0.4, -0.2) is 49.0 Å². The molecule has 3 rings (SSSR count). The van der Waals surface area contributed by atoms with Gasteiger partial charge in [0.2, 0.25) is 5.91 Å². The summed E-state index contributed by atoms with van der Waals surface area (Å²) in [5.41, 5.74) is -0.0963. The Hall–Kier alpha value is -2.77. The molecule has 1 aliphatic heterocycles. The average molecular weight is 403 g/mol. The van der Waals surface area contributed by atoms with Crippen molar-refractivity contribution in [3.63, 3.8) is 0 Å². The molecule has 1 aliphatic carbocycles. The Morgan fingerprint density at radius 3 is 2.59 bits per heavy atom. The molecule has 1 saturated heterocycles. The second kappa shape index (κ2) is 8.31. The third-order valence-corrected chi connectivity index (χ3v) is 5.96. The van der Waals surface area contributed by atoms with E-state index in [1.54, 1.807) is 32.4 Å². The Labute approximate surface area is 170 Å². The number of carbonyl (C=O) groups excluding carboxylic acids is 3. The highest BCUT2D eigenvalue weighted by Gasteiger charge is 2.52. The molecular weight excluding hydrogens is 374 g/mol. The molecule has 8 nitrogen and oxygen atoms in total. The van der Waals surface area contributed by atoms with Crippen molar-refractivity contribution in [2.24, 2.45) is 5.92 Å². The van der Waals surface area contributed by atoms with E-state index in [0.717, 1.165) is 23.3 Å². The third-order valence-electron chi connectivity index (χ3n) is 5.96. The topological polar surface area (TPSA) is 97.0 Å². The van der Waals surface area contributed by atoms with E-state index in [-0.39, 0.29) is 12.5 Å². The van der Waals surface area contributed by atoms with Gasteiger partial charge in [-0.2, -0.15) is 0 Å². The number of benzene rings is 1. The summed E-state index contributed by atoms with van der Waals surface area (Å²) in [6, 6.07) is 4.44. The number of imide groups is 1.